The predicted molar refractivity (Wildman–Crippen MR) is 116 cm³/mol. The van der Waals surface area contributed by atoms with E-state index in [0.29, 0.717) is 17.8 Å². The fourth-order valence-electron chi connectivity index (χ4n) is 3.85. The van der Waals surface area contributed by atoms with Crippen molar-refractivity contribution in [2.45, 2.75) is 25.8 Å². The molecule has 1 aliphatic heterocycles. The van der Waals surface area contributed by atoms with Gasteiger partial charge in [-0.1, -0.05) is 12.1 Å². The minimum atomic E-state index is -0.153. The second-order valence-corrected chi connectivity index (χ2v) is 7.22. The molecule has 1 atom stereocenters. The Kier molecular flexibility index (Phi) is 7.30. The van der Waals surface area contributed by atoms with Crippen molar-refractivity contribution in [2.75, 3.05) is 39.2 Å². The molecule has 7 nitrogen and oxygen atoms in total. The normalized spacial score (nSPS) is 16.2. The fraction of sp³-hybridized carbons (Fsp3) is 0.391. The Morgan fingerprint density at radius 2 is 1.97 bits per heavy atom. The van der Waals surface area contributed by atoms with Crippen molar-refractivity contribution < 1.29 is 19.1 Å². The fourth-order valence-corrected chi connectivity index (χ4v) is 3.85. The summed E-state index contributed by atoms with van der Waals surface area (Å²) in [5.74, 6) is 1.24. The number of anilines is 1. The first-order chi connectivity index (χ1) is 14.5. The molecule has 2 N–H and O–H groups in total. The minimum Gasteiger partial charge on any atom is -0.497 e. The Morgan fingerprint density at radius 3 is 2.70 bits per heavy atom. The second kappa shape index (κ2) is 10.1. The van der Waals surface area contributed by atoms with Gasteiger partial charge in [-0.2, -0.15) is 0 Å². The van der Waals surface area contributed by atoms with Crippen LogP contribution >= 0.6 is 0 Å². The molecule has 0 unspecified atom stereocenters. The van der Waals surface area contributed by atoms with Gasteiger partial charge in [0.05, 0.1) is 20.8 Å². The lowest BCUT2D eigenvalue weighted by Crippen LogP contribution is -2.33. The number of methoxy groups -OCH3 is 2. The highest BCUT2D eigenvalue weighted by molar-refractivity contribution is 5.97. The van der Waals surface area contributed by atoms with Crippen LogP contribution in [-0.4, -0.2) is 50.6 Å². The minimum absolute atomic E-state index is 0.109. The summed E-state index contributed by atoms with van der Waals surface area (Å²) in [7, 11) is 3.27. The molecule has 0 saturated carbocycles. The zero-order valence-electron chi connectivity index (χ0n) is 17.7. The van der Waals surface area contributed by atoms with Crippen LogP contribution in [0.15, 0.2) is 42.5 Å². The van der Waals surface area contributed by atoms with Gasteiger partial charge in [0.1, 0.15) is 11.5 Å². The SMILES string of the molecule is CCNC(=O)c1cccc(NC(=O)CN2CCC[C@@H]2c2ccc(OC)cc2OC)c1. The van der Waals surface area contributed by atoms with E-state index in [0.717, 1.165) is 36.4 Å². The number of carbonyl (C=O) groups excluding carboxylic acids is 2. The zero-order chi connectivity index (χ0) is 21.5. The van der Waals surface area contributed by atoms with Crippen LogP contribution in [0.25, 0.3) is 0 Å². The number of nitrogens with one attached hydrogen (secondary N) is 2. The molecule has 1 fully saturated rings. The molecule has 0 aromatic heterocycles. The molecule has 2 aromatic carbocycles. The summed E-state index contributed by atoms with van der Waals surface area (Å²) in [6, 6.07) is 12.9. The highest BCUT2D eigenvalue weighted by atomic mass is 16.5. The molecular formula is C23H29N3O4. The Morgan fingerprint density at radius 1 is 1.13 bits per heavy atom. The summed E-state index contributed by atoms with van der Waals surface area (Å²) in [5, 5.41) is 5.68. The first kappa shape index (κ1) is 21.6. The third kappa shape index (κ3) is 5.10. The van der Waals surface area contributed by atoms with E-state index in [4.69, 9.17) is 9.47 Å². The molecule has 3 rings (SSSR count). The van der Waals surface area contributed by atoms with Gasteiger partial charge in [0.15, 0.2) is 0 Å². The van der Waals surface area contributed by atoms with E-state index >= 15 is 0 Å². The van der Waals surface area contributed by atoms with E-state index in [1.165, 1.54) is 0 Å². The second-order valence-electron chi connectivity index (χ2n) is 7.22. The largest absolute Gasteiger partial charge is 0.497 e. The third-order valence-electron chi connectivity index (χ3n) is 5.26. The quantitative estimate of drug-likeness (QED) is 0.697. The van der Waals surface area contributed by atoms with Gasteiger partial charge in [0, 0.05) is 35.5 Å². The van der Waals surface area contributed by atoms with Crippen LogP contribution in [0.3, 0.4) is 0 Å². The van der Waals surface area contributed by atoms with Crippen molar-refractivity contribution >= 4 is 17.5 Å². The van der Waals surface area contributed by atoms with E-state index in [2.05, 4.69) is 15.5 Å². The average molecular weight is 412 g/mol. The van der Waals surface area contributed by atoms with Gasteiger partial charge in [-0.25, -0.2) is 0 Å². The van der Waals surface area contributed by atoms with Gasteiger partial charge < -0.3 is 20.1 Å². The lowest BCUT2D eigenvalue weighted by atomic mass is 10.0. The van der Waals surface area contributed by atoms with Crippen LogP contribution in [0.2, 0.25) is 0 Å². The molecule has 0 aliphatic carbocycles. The number of hydrogen-bond donors (Lipinski definition) is 2. The molecule has 2 aromatic rings. The molecule has 0 radical (unpaired) electrons. The number of nitrogens with zero attached hydrogens (tertiary/aromatic N) is 1. The summed E-state index contributed by atoms with van der Waals surface area (Å²) >= 11 is 0. The summed E-state index contributed by atoms with van der Waals surface area (Å²) < 4.78 is 10.8. The van der Waals surface area contributed by atoms with Gasteiger partial charge >= 0.3 is 0 Å². The molecule has 160 valence electrons. The Bertz CT molecular complexity index is 900. The molecule has 1 aliphatic rings. The van der Waals surface area contributed by atoms with Crippen molar-refractivity contribution in [2.24, 2.45) is 0 Å². The third-order valence-corrected chi connectivity index (χ3v) is 5.26. The number of hydrogen-bond acceptors (Lipinski definition) is 5. The first-order valence-electron chi connectivity index (χ1n) is 10.2. The Hall–Kier alpha value is -3.06. The standard InChI is InChI=1S/C23H29N3O4/c1-4-24-23(28)16-7-5-8-17(13-16)25-22(27)15-26-12-6-9-20(26)19-11-10-18(29-2)14-21(19)30-3/h5,7-8,10-11,13-14,20H,4,6,9,12,15H2,1-3H3,(H,24,28)(H,25,27)/t20-/m1/s1. The maximum atomic E-state index is 12.7. The van der Waals surface area contributed by atoms with E-state index in [1.807, 2.05) is 25.1 Å². The number of rotatable bonds is 8. The van der Waals surface area contributed by atoms with Crippen LogP contribution < -0.4 is 20.1 Å². The van der Waals surface area contributed by atoms with E-state index in [9.17, 15) is 9.59 Å². The van der Waals surface area contributed by atoms with Gasteiger partial charge in [-0.15, -0.1) is 0 Å². The molecular weight excluding hydrogens is 382 g/mol. The van der Waals surface area contributed by atoms with Crippen LogP contribution in [0.1, 0.15) is 41.7 Å². The average Bonchev–Trinajstić information content (AvgIpc) is 3.21. The predicted octanol–water partition coefficient (Wildman–Crippen LogP) is 3.23. The Labute approximate surface area is 177 Å². The molecule has 2 amide bonds. The van der Waals surface area contributed by atoms with Crippen LogP contribution in [0.5, 0.6) is 11.5 Å². The summed E-state index contributed by atoms with van der Waals surface area (Å²) in [6.45, 7) is 3.53. The van der Waals surface area contributed by atoms with Crippen molar-refractivity contribution in [3.05, 3.63) is 53.6 Å². The van der Waals surface area contributed by atoms with Crippen molar-refractivity contribution in [1.29, 1.82) is 0 Å². The van der Waals surface area contributed by atoms with Crippen LogP contribution in [0, 0.1) is 0 Å². The summed E-state index contributed by atoms with van der Waals surface area (Å²) in [6.07, 6.45) is 1.97. The number of benzene rings is 2. The number of carbonyl (C=O) groups is 2. The van der Waals surface area contributed by atoms with Gasteiger partial charge in [0.25, 0.3) is 5.91 Å². The topological polar surface area (TPSA) is 79.9 Å². The van der Waals surface area contributed by atoms with E-state index in [-0.39, 0.29) is 24.4 Å². The molecule has 1 saturated heterocycles. The van der Waals surface area contributed by atoms with Gasteiger partial charge in [-0.3, -0.25) is 14.5 Å². The lowest BCUT2D eigenvalue weighted by Gasteiger charge is -2.26. The van der Waals surface area contributed by atoms with E-state index in [1.54, 1.807) is 38.5 Å². The summed E-state index contributed by atoms with van der Waals surface area (Å²) in [4.78, 5) is 26.9. The monoisotopic (exact) mass is 411 g/mol. The lowest BCUT2D eigenvalue weighted by molar-refractivity contribution is -0.117. The van der Waals surface area contributed by atoms with Gasteiger partial charge in [0.2, 0.25) is 5.91 Å². The maximum absolute atomic E-state index is 12.7. The number of likely N-dealkylation sites (tertiary alicyclic amines) is 1. The maximum Gasteiger partial charge on any atom is 0.251 e. The summed E-state index contributed by atoms with van der Waals surface area (Å²) in [5.41, 5.74) is 2.19. The molecule has 0 spiro atoms. The highest BCUT2D eigenvalue weighted by Crippen LogP contribution is 2.38. The highest BCUT2D eigenvalue weighted by Gasteiger charge is 2.30. The zero-order valence-corrected chi connectivity index (χ0v) is 17.7. The van der Waals surface area contributed by atoms with Gasteiger partial charge in [-0.05, 0) is 50.6 Å². The molecule has 7 heteroatoms. The first-order valence-corrected chi connectivity index (χ1v) is 10.2. The van der Waals surface area contributed by atoms with Crippen LogP contribution in [0.4, 0.5) is 5.69 Å². The number of amides is 2. The van der Waals surface area contributed by atoms with Crippen molar-refractivity contribution in [3.63, 3.8) is 0 Å². The number of ether oxygens (including phenoxy) is 2. The Balaban J connectivity index is 1.68. The van der Waals surface area contributed by atoms with E-state index < -0.39 is 0 Å². The molecule has 0 bridgehead atoms. The molecule has 30 heavy (non-hydrogen) atoms. The van der Waals surface area contributed by atoms with Crippen LogP contribution in [-0.2, 0) is 4.79 Å². The molecule has 1 heterocycles. The van der Waals surface area contributed by atoms with Crippen molar-refractivity contribution in [3.8, 4) is 11.5 Å². The smallest absolute Gasteiger partial charge is 0.251 e. The van der Waals surface area contributed by atoms with Crippen molar-refractivity contribution in [1.82, 2.24) is 10.2 Å².